The second kappa shape index (κ2) is 8.22. The van der Waals surface area contributed by atoms with Gasteiger partial charge in [0.25, 0.3) is 5.19 Å². The van der Waals surface area contributed by atoms with E-state index in [9.17, 15) is 0 Å². The van der Waals surface area contributed by atoms with Crippen molar-refractivity contribution in [2.75, 3.05) is 36.6 Å². The number of methoxy groups -OCH3 is 1. The van der Waals surface area contributed by atoms with Crippen molar-refractivity contribution >= 4 is 52.2 Å². The fourth-order valence-corrected chi connectivity index (χ4v) is 6.51. The molecule has 0 radical (unpaired) electrons. The third-order valence-corrected chi connectivity index (χ3v) is 8.88. The SMILES string of the molecule is COc1nc2c(s1)CC1(CCN(c3cnc(Sc4ccnc(N)c4Cl)c(N)n3)CC1)C2N. The molecule has 3 aromatic rings. The van der Waals surface area contributed by atoms with Crippen molar-refractivity contribution in [3.63, 3.8) is 0 Å². The van der Waals surface area contributed by atoms with Crippen LogP contribution in [0.5, 0.6) is 5.19 Å². The molecule has 1 saturated heterocycles. The molecule has 4 heterocycles. The summed E-state index contributed by atoms with van der Waals surface area (Å²) in [6.07, 6.45) is 6.24. The van der Waals surface area contributed by atoms with Crippen LogP contribution in [-0.2, 0) is 6.42 Å². The van der Waals surface area contributed by atoms with Crippen LogP contribution in [0.25, 0.3) is 0 Å². The maximum Gasteiger partial charge on any atom is 0.273 e. The molecule has 5 rings (SSSR count). The number of anilines is 3. The maximum atomic E-state index is 6.64. The van der Waals surface area contributed by atoms with Crippen molar-refractivity contribution < 1.29 is 4.74 Å². The molecule has 1 aliphatic heterocycles. The van der Waals surface area contributed by atoms with E-state index in [1.165, 1.54) is 16.6 Å². The van der Waals surface area contributed by atoms with Gasteiger partial charge in [0, 0.05) is 29.1 Å². The van der Waals surface area contributed by atoms with Gasteiger partial charge in [-0.3, -0.25) is 0 Å². The van der Waals surface area contributed by atoms with Gasteiger partial charge in [-0.25, -0.2) is 19.9 Å². The number of aromatic nitrogens is 4. The summed E-state index contributed by atoms with van der Waals surface area (Å²) < 4.78 is 5.28. The number of fused-ring (bicyclic) bond motifs is 1. The van der Waals surface area contributed by atoms with Crippen molar-refractivity contribution in [2.24, 2.45) is 11.1 Å². The van der Waals surface area contributed by atoms with Crippen molar-refractivity contribution in [3.05, 3.63) is 34.1 Å². The molecule has 2 aliphatic rings. The number of rotatable bonds is 4. The Kier molecular flexibility index (Phi) is 5.52. The minimum absolute atomic E-state index is 0.0454. The van der Waals surface area contributed by atoms with Gasteiger partial charge >= 0.3 is 0 Å². The van der Waals surface area contributed by atoms with Crippen LogP contribution in [0.4, 0.5) is 17.5 Å². The second-order valence-corrected chi connectivity index (χ2v) is 10.5. The van der Waals surface area contributed by atoms with Gasteiger partial charge in [0.05, 0.1) is 30.1 Å². The summed E-state index contributed by atoms with van der Waals surface area (Å²) in [5, 5.41) is 1.66. The van der Waals surface area contributed by atoms with E-state index >= 15 is 0 Å². The number of pyridine rings is 1. The summed E-state index contributed by atoms with van der Waals surface area (Å²) >= 11 is 9.16. The molecule has 3 aromatic heterocycles. The molecule has 168 valence electrons. The molecule has 1 atom stereocenters. The lowest BCUT2D eigenvalue weighted by Gasteiger charge is -2.42. The smallest absolute Gasteiger partial charge is 0.273 e. The first-order chi connectivity index (χ1) is 15.4. The Morgan fingerprint density at radius 1 is 1.22 bits per heavy atom. The number of nitrogen functional groups attached to an aromatic ring is 2. The predicted molar refractivity (Wildman–Crippen MR) is 127 cm³/mol. The lowest BCUT2D eigenvalue weighted by molar-refractivity contribution is 0.185. The van der Waals surface area contributed by atoms with Crippen LogP contribution in [0, 0.1) is 5.41 Å². The number of ether oxygens (including phenoxy) is 1. The molecule has 1 unspecified atom stereocenters. The summed E-state index contributed by atoms with van der Waals surface area (Å²) in [5.41, 5.74) is 19.7. The Labute approximate surface area is 198 Å². The predicted octanol–water partition coefficient (Wildman–Crippen LogP) is 3.15. The summed E-state index contributed by atoms with van der Waals surface area (Å²) in [7, 11) is 1.64. The standard InChI is InChI=1S/C20H23ClN8OS2/c1-30-19-28-14-11(32-19)8-20(15(14)22)3-6-29(7-4-20)12-9-26-18(17(24)27-12)31-10-2-5-25-16(23)13(10)21/h2,5,9,15H,3-4,6-8,22H2,1H3,(H2,23,25)(H2,24,27). The zero-order valence-electron chi connectivity index (χ0n) is 17.4. The molecule has 32 heavy (non-hydrogen) atoms. The number of thiazole rings is 1. The Morgan fingerprint density at radius 2 is 2.00 bits per heavy atom. The second-order valence-electron chi connectivity index (χ2n) is 8.03. The lowest BCUT2D eigenvalue weighted by Crippen LogP contribution is -2.44. The van der Waals surface area contributed by atoms with E-state index in [4.69, 9.17) is 33.5 Å². The summed E-state index contributed by atoms with van der Waals surface area (Å²) in [6.45, 7) is 1.68. The Hall–Kier alpha value is -2.34. The molecular weight excluding hydrogens is 468 g/mol. The van der Waals surface area contributed by atoms with Crippen LogP contribution in [0.1, 0.15) is 29.5 Å². The third kappa shape index (κ3) is 3.62. The molecule has 6 N–H and O–H groups in total. The first-order valence-corrected chi connectivity index (χ1v) is 12.2. The van der Waals surface area contributed by atoms with Gasteiger partial charge in [-0.1, -0.05) is 34.7 Å². The fourth-order valence-electron chi connectivity index (χ4n) is 4.42. The van der Waals surface area contributed by atoms with Crippen LogP contribution in [0.15, 0.2) is 28.4 Å². The largest absolute Gasteiger partial charge is 0.473 e. The minimum Gasteiger partial charge on any atom is -0.473 e. The zero-order chi connectivity index (χ0) is 22.5. The van der Waals surface area contributed by atoms with Gasteiger partial charge in [0.2, 0.25) is 0 Å². The van der Waals surface area contributed by atoms with Gasteiger partial charge < -0.3 is 26.8 Å². The number of piperidine rings is 1. The molecule has 0 aromatic carbocycles. The minimum atomic E-state index is -0.0627. The molecule has 1 aliphatic carbocycles. The number of halogens is 1. The zero-order valence-corrected chi connectivity index (χ0v) is 19.8. The van der Waals surface area contributed by atoms with E-state index in [2.05, 4.69) is 24.8 Å². The van der Waals surface area contributed by atoms with Gasteiger partial charge in [0.1, 0.15) is 16.7 Å². The van der Waals surface area contributed by atoms with Crippen molar-refractivity contribution in [1.82, 2.24) is 19.9 Å². The van der Waals surface area contributed by atoms with Gasteiger partial charge in [0.15, 0.2) is 5.82 Å². The highest BCUT2D eigenvalue weighted by Gasteiger charge is 2.48. The lowest BCUT2D eigenvalue weighted by atomic mass is 9.73. The van der Waals surface area contributed by atoms with E-state index < -0.39 is 0 Å². The number of nitrogens with zero attached hydrogens (tertiary/aromatic N) is 5. The number of hydrogen-bond donors (Lipinski definition) is 3. The average Bonchev–Trinajstić information content (AvgIpc) is 3.30. The monoisotopic (exact) mass is 490 g/mol. The van der Waals surface area contributed by atoms with Crippen LogP contribution in [-0.4, -0.2) is 40.1 Å². The highest BCUT2D eigenvalue weighted by atomic mass is 35.5. The number of hydrogen-bond acceptors (Lipinski definition) is 11. The van der Waals surface area contributed by atoms with Crippen molar-refractivity contribution in [2.45, 2.75) is 35.2 Å². The highest BCUT2D eigenvalue weighted by Crippen LogP contribution is 2.53. The third-order valence-electron chi connectivity index (χ3n) is 6.27. The molecule has 12 heteroatoms. The Morgan fingerprint density at radius 3 is 2.69 bits per heavy atom. The van der Waals surface area contributed by atoms with Gasteiger partial charge in [-0.15, -0.1) is 0 Å². The van der Waals surface area contributed by atoms with E-state index in [0.717, 1.165) is 48.8 Å². The molecule has 1 fully saturated rings. The van der Waals surface area contributed by atoms with Crippen LogP contribution in [0.3, 0.4) is 0 Å². The fraction of sp³-hybridized carbons (Fsp3) is 0.400. The normalized spacial score (nSPS) is 19.3. The van der Waals surface area contributed by atoms with E-state index in [1.807, 2.05) is 0 Å². The van der Waals surface area contributed by atoms with Crippen molar-refractivity contribution in [1.29, 1.82) is 0 Å². The Balaban J connectivity index is 1.28. The quantitative estimate of drug-likeness (QED) is 0.499. The molecule has 0 amide bonds. The highest BCUT2D eigenvalue weighted by molar-refractivity contribution is 7.99. The van der Waals surface area contributed by atoms with Gasteiger partial charge in [-0.2, -0.15) is 0 Å². The summed E-state index contributed by atoms with van der Waals surface area (Å²) in [6, 6.07) is 1.71. The topological polar surface area (TPSA) is 142 Å². The van der Waals surface area contributed by atoms with Gasteiger partial charge in [-0.05, 0) is 30.7 Å². The molecular formula is C20H23ClN8OS2. The van der Waals surface area contributed by atoms with Crippen LogP contribution < -0.4 is 26.8 Å². The van der Waals surface area contributed by atoms with E-state index in [0.29, 0.717) is 21.1 Å². The van der Waals surface area contributed by atoms with E-state index in [1.54, 1.807) is 36.9 Å². The van der Waals surface area contributed by atoms with Crippen molar-refractivity contribution in [3.8, 4) is 5.19 Å². The maximum absolute atomic E-state index is 6.64. The average molecular weight is 491 g/mol. The first-order valence-electron chi connectivity index (χ1n) is 10.1. The molecule has 9 nitrogen and oxygen atoms in total. The molecule has 0 bridgehead atoms. The molecule has 1 spiro atoms. The number of nitrogens with two attached hydrogens (primary N) is 3. The molecule has 0 saturated carbocycles. The Bertz CT molecular complexity index is 1160. The summed E-state index contributed by atoms with van der Waals surface area (Å²) in [5.74, 6) is 1.40. The summed E-state index contributed by atoms with van der Waals surface area (Å²) in [4.78, 5) is 21.9. The van der Waals surface area contributed by atoms with Crippen LogP contribution >= 0.6 is 34.7 Å². The van der Waals surface area contributed by atoms with E-state index in [-0.39, 0.29) is 17.3 Å². The first kappa shape index (κ1) is 21.5. The van der Waals surface area contributed by atoms with Crippen LogP contribution in [0.2, 0.25) is 5.02 Å².